The highest BCUT2D eigenvalue weighted by Crippen LogP contribution is 2.19. The van der Waals surface area contributed by atoms with Crippen LogP contribution in [0.5, 0.6) is 0 Å². The maximum Gasteiger partial charge on any atom is 0.0663 e. The van der Waals surface area contributed by atoms with Crippen molar-refractivity contribution in [1.29, 1.82) is 0 Å². The van der Waals surface area contributed by atoms with Gasteiger partial charge in [0.15, 0.2) is 0 Å². The highest BCUT2D eigenvalue weighted by molar-refractivity contribution is 9.10. The molecule has 6 heteroatoms. The molecule has 1 aromatic heterocycles. The summed E-state index contributed by atoms with van der Waals surface area (Å²) < 4.78 is 2.99. The third-order valence-corrected chi connectivity index (χ3v) is 3.36. The Labute approximate surface area is 104 Å². The molecule has 0 amide bonds. The summed E-state index contributed by atoms with van der Waals surface area (Å²) in [5, 5.41) is 4.19. The van der Waals surface area contributed by atoms with Crippen LogP contribution in [0.2, 0.25) is 0 Å². The van der Waals surface area contributed by atoms with Gasteiger partial charge >= 0.3 is 0 Å². The van der Waals surface area contributed by atoms with Gasteiger partial charge in [-0.25, -0.2) is 0 Å². The van der Waals surface area contributed by atoms with Crippen LogP contribution in [0, 0.1) is 0 Å². The fourth-order valence-electron chi connectivity index (χ4n) is 1.83. The molecule has 0 radical (unpaired) electrons. The Morgan fingerprint density at radius 1 is 1.67 bits per heavy atom. The van der Waals surface area contributed by atoms with Crippen molar-refractivity contribution >= 4 is 28.3 Å². The molecule has 0 spiro atoms. The Hall–Kier alpha value is -0.100. The summed E-state index contributed by atoms with van der Waals surface area (Å²) in [7, 11) is 1.97. The average Bonchev–Trinajstić information content (AvgIpc) is 2.67. The van der Waals surface area contributed by atoms with E-state index in [4.69, 9.17) is 5.73 Å². The van der Waals surface area contributed by atoms with Crippen molar-refractivity contribution < 1.29 is 0 Å². The molecule has 2 rings (SSSR count). The minimum atomic E-state index is 0. The summed E-state index contributed by atoms with van der Waals surface area (Å²) in [6, 6.07) is 0.349. The van der Waals surface area contributed by atoms with E-state index in [1.807, 2.05) is 17.9 Å². The molecule has 15 heavy (non-hydrogen) atoms. The van der Waals surface area contributed by atoms with Crippen molar-refractivity contribution in [1.82, 2.24) is 14.7 Å². The molecule has 4 nitrogen and oxygen atoms in total. The fourth-order valence-corrected chi connectivity index (χ4v) is 2.31. The summed E-state index contributed by atoms with van der Waals surface area (Å²) in [6.07, 6.45) is 2.95. The van der Waals surface area contributed by atoms with Gasteiger partial charge in [0.1, 0.15) is 0 Å². The van der Waals surface area contributed by atoms with Crippen molar-refractivity contribution in [3.05, 3.63) is 16.4 Å². The Bertz CT molecular complexity index is 308. The molecular weight excluding hydrogens is 279 g/mol. The predicted octanol–water partition coefficient (Wildman–Crippen LogP) is 1.14. The number of hydrogen-bond acceptors (Lipinski definition) is 3. The van der Waals surface area contributed by atoms with Gasteiger partial charge in [-0.05, 0) is 22.4 Å². The summed E-state index contributed by atoms with van der Waals surface area (Å²) >= 11 is 3.50. The molecule has 0 aliphatic carbocycles. The molecule has 1 atom stereocenters. The normalized spacial score (nSPS) is 21.7. The molecule has 2 N–H and O–H groups in total. The molecule has 0 aromatic carbocycles. The van der Waals surface area contributed by atoms with E-state index in [9.17, 15) is 0 Å². The minimum absolute atomic E-state index is 0. The second kappa shape index (κ2) is 5.30. The summed E-state index contributed by atoms with van der Waals surface area (Å²) in [4.78, 5) is 2.37. The topological polar surface area (TPSA) is 47.1 Å². The monoisotopic (exact) mass is 294 g/mol. The molecule has 0 saturated carbocycles. The molecule has 1 fully saturated rings. The van der Waals surface area contributed by atoms with Gasteiger partial charge in [-0.2, -0.15) is 5.10 Å². The van der Waals surface area contributed by atoms with E-state index in [2.05, 4.69) is 25.9 Å². The number of likely N-dealkylation sites (tertiary alicyclic amines) is 1. The maximum absolute atomic E-state index is 5.85. The molecule has 1 unspecified atom stereocenters. The summed E-state index contributed by atoms with van der Waals surface area (Å²) in [6.45, 7) is 3.03. The van der Waals surface area contributed by atoms with Crippen LogP contribution in [-0.4, -0.2) is 33.8 Å². The third kappa shape index (κ3) is 2.93. The molecular formula is C9H16BrClN4. The van der Waals surface area contributed by atoms with E-state index in [0.29, 0.717) is 6.04 Å². The highest BCUT2D eigenvalue weighted by atomic mass is 79.9. The van der Waals surface area contributed by atoms with E-state index in [-0.39, 0.29) is 12.4 Å². The number of rotatable bonds is 2. The third-order valence-electron chi connectivity index (χ3n) is 2.69. The van der Waals surface area contributed by atoms with Gasteiger partial charge in [-0.15, -0.1) is 12.4 Å². The van der Waals surface area contributed by atoms with Crippen molar-refractivity contribution in [2.45, 2.75) is 19.0 Å². The number of nitrogens with two attached hydrogens (primary N) is 1. The van der Waals surface area contributed by atoms with Gasteiger partial charge in [-0.3, -0.25) is 9.58 Å². The van der Waals surface area contributed by atoms with Crippen molar-refractivity contribution in [2.24, 2.45) is 12.8 Å². The summed E-state index contributed by atoms with van der Waals surface area (Å²) in [5.41, 5.74) is 7.08. The number of halogens is 2. The van der Waals surface area contributed by atoms with E-state index in [1.54, 1.807) is 0 Å². The van der Waals surface area contributed by atoms with E-state index >= 15 is 0 Å². The predicted molar refractivity (Wildman–Crippen MR) is 66.0 cm³/mol. The lowest BCUT2D eigenvalue weighted by molar-refractivity contribution is 0.316. The van der Waals surface area contributed by atoms with E-state index < -0.39 is 0 Å². The number of aromatic nitrogens is 2. The van der Waals surface area contributed by atoms with E-state index in [1.165, 1.54) is 5.69 Å². The Morgan fingerprint density at radius 3 is 2.87 bits per heavy atom. The first-order valence-corrected chi connectivity index (χ1v) is 5.60. The summed E-state index contributed by atoms with van der Waals surface area (Å²) in [5.74, 6) is 0. The number of hydrogen-bond donors (Lipinski definition) is 1. The zero-order chi connectivity index (χ0) is 10.1. The first-order chi connectivity index (χ1) is 6.66. The van der Waals surface area contributed by atoms with Crippen LogP contribution >= 0.6 is 28.3 Å². The molecule has 86 valence electrons. The van der Waals surface area contributed by atoms with Gasteiger partial charge in [0.05, 0.1) is 16.4 Å². The number of nitrogens with zero attached hydrogens (tertiary/aromatic N) is 3. The van der Waals surface area contributed by atoms with Gasteiger partial charge in [0, 0.05) is 32.7 Å². The molecule has 2 heterocycles. The van der Waals surface area contributed by atoms with Crippen LogP contribution in [0.3, 0.4) is 0 Å². The smallest absolute Gasteiger partial charge is 0.0663 e. The SMILES string of the molecule is Cl.Cn1ncc(Br)c1CN1CCC(N)C1. The quantitative estimate of drug-likeness (QED) is 0.890. The highest BCUT2D eigenvalue weighted by Gasteiger charge is 2.20. The zero-order valence-corrected chi connectivity index (χ0v) is 11.1. The first kappa shape index (κ1) is 13.0. The van der Waals surface area contributed by atoms with E-state index in [0.717, 1.165) is 30.5 Å². The average molecular weight is 296 g/mol. The van der Waals surface area contributed by atoms with Crippen LogP contribution in [-0.2, 0) is 13.6 Å². The molecule has 1 saturated heterocycles. The zero-order valence-electron chi connectivity index (χ0n) is 8.69. The van der Waals surface area contributed by atoms with Crippen LogP contribution in [0.15, 0.2) is 10.7 Å². The number of aryl methyl sites for hydroxylation is 1. The van der Waals surface area contributed by atoms with Gasteiger partial charge in [0.25, 0.3) is 0 Å². The van der Waals surface area contributed by atoms with Crippen LogP contribution < -0.4 is 5.73 Å². The van der Waals surface area contributed by atoms with Crippen molar-refractivity contribution in [3.63, 3.8) is 0 Å². The van der Waals surface area contributed by atoms with Gasteiger partial charge < -0.3 is 5.73 Å². The van der Waals surface area contributed by atoms with Crippen LogP contribution in [0.4, 0.5) is 0 Å². The lowest BCUT2D eigenvalue weighted by Crippen LogP contribution is -2.27. The Kier molecular flexibility index (Phi) is 4.58. The van der Waals surface area contributed by atoms with Gasteiger partial charge in [-0.1, -0.05) is 0 Å². The fraction of sp³-hybridized carbons (Fsp3) is 0.667. The van der Waals surface area contributed by atoms with Crippen LogP contribution in [0.25, 0.3) is 0 Å². The second-order valence-electron chi connectivity index (χ2n) is 3.85. The Morgan fingerprint density at radius 2 is 2.40 bits per heavy atom. The molecule has 1 aliphatic heterocycles. The Balaban J connectivity index is 0.00000112. The van der Waals surface area contributed by atoms with Crippen molar-refractivity contribution in [3.8, 4) is 0 Å². The van der Waals surface area contributed by atoms with Gasteiger partial charge in [0.2, 0.25) is 0 Å². The lowest BCUT2D eigenvalue weighted by Gasteiger charge is -2.15. The second-order valence-corrected chi connectivity index (χ2v) is 4.70. The van der Waals surface area contributed by atoms with Crippen molar-refractivity contribution in [2.75, 3.05) is 13.1 Å². The molecule has 1 aliphatic rings. The first-order valence-electron chi connectivity index (χ1n) is 4.81. The molecule has 1 aromatic rings. The molecule has 0 bridgehead atoms. The lowest BCUT2D eigenvalue weighted by atomic mass is 10.3. The largest absolute Gasteiger partial charge is 0.326 e. The minimum Gasteiger partial charge on any atom is -0.326 e. The maximum atomic E-state index is 5.85. The standard InChI is InChI=1S/C9H15BrN4.ClH/c1-13-9(8(10)4-12-13)6-14-3-2-7(11)5-14;/h4,7H,2-3,5-6,11H2,1H3;1H. The van der Waals surface area contributed by atoms with Crippen LogP contribution in [0.1, 0.15) is 12.1 Å².